The van der Waals surface area contributed by atoms with Crippen molar-refractivity contribution in [3.8, 4) is 0 Å². The van der Waals surface area contributed by atoms with Gasteiger partial charge in [0, 0.05) is 0 Å². The molecule has 2 saturated heterocycles. The molecule has 0 amide bonds. The molecule has 4 heterocycles. The number of carboxylic acids is 1. The Labute approximate surface area is 154 Å². The van der Waals surface area contributed by atoms with Crippen molar-refractivity contribution in [1.29, 1.82) is 0 Å². The summed E-state index contributed by atoms with van der Waals surface area (Å²) in [6.45, 7) is 10.0. The molecule has 2 aromatic rings. The number of nitrogens with one attached hydrogen (secondary N) is 1. The summed E-state index contributed by atoms with van der Waals surface area (Å²) in [5.41, 5.74) is -5.72. The summed E-state index contributed by atoms with van der Waals surface area (Å²) in [5, 5.41) is 10.0. The zero-order valence-corrected chi connectivity index (χ0v) is 16.0. The van der Waals surface area contributed by atoms with Crippen molar-refractivity contribution >= 4 is 17.1 Å². The Bertz CT molecular complexity index is 1030. The van der Waals surface area contributed by atoms with Crippen molar-refractivity contribution in [3.63, 3.8) is 0 Å². The molecular weight excluding hydrogens is 356 g/mol. The summed E-state index contributed by atoms with van der Waals surface area (Å²) in [6.07, 6.45) is 2.66. The highest BCUT2D eigenvalue weighted by Gasteiger charge is 2.82. The molecule has 10 heteroatoms. The van der Waals surface area contributed by atoms with Crippen LogP contribution in [-0.4, -0.2) is 53.2 Å². The fraction of sp³-hybridized carbons (Fsp3) is 0.647. The van der Waals surface area contributed by atoms with Crippen LogP contribution in [0, 0.1) is 0 Å². The van der Waals surface area contributed by atoms with E-state index in [2.05, 4.69) is 15.0 Å². The minimum Gasteiger partial charge on any atom is -0.479 e. The highest BCUT2D eigenvalue weighted by Crippen LogP contribution is 2.64. The topological polar surface area (TPSA) is 129 Å². The van der Waals surface area contributed by atoms with Gasteiger partial charge in [0.15, 0.2) is 28.3 Å². The molecule has 2 N–H and O–H groups in total. The zero-order chi connectivity index (χ0) is 20.0. The minimum atomic E-state index is -1.73. The summed E-state index contributed by atoms with van der Waals surface area (Å²) in [6, 6.07) is 0. The first-order chi connectivity index (χ1) is 12.3. The number of carboxylic acid groups (broad SMARTS) is 1. The van der Waals surface area contributed by atoms with E-state index in [-0.39, 0.29) is 11.2 Å². The van der Waals surface area contributed by atoms with E-state index in [0.717, 1.165) is 0 Å². The van der Waals surface area contributed by atoms with Gasteiger partial charge < -0.3 is 24.3 Å². The predicted octanol–water partition coefficient (Wildman–Crippen LogP) is 0.966. The number of ether oxygens (including phenoxy) is 3. The Morgan fingerprint density at radius 3 is 2.33 bits per heavy atom. The van der Waals surface area contributed by atoms with Gasteiger partial charge in [0.05, 0.1) is 12.7 Å². The maximum atomic E-state index is 12.2. The number of nitrogens with zero attached hydrogens (tertiary/aromatic N) is 3. The molecule has 4 atom stereocenters. The van der Waals surface area contributed by atoms with Crippen molar-refractivity contribution < 1.29 is 24.1 Å². The number of aromatic amines is 1. The molecule has 27 heavy (non-hydrogen) atoms. The van der Waals surface area contributed by atoms with E-state index in [1.807, 2.05) is 0 Å². The number of imidazole rings is 1. The van der Waals surface area contributed by atoms with Crippen LogP contribution in [0.4, 0.5) is 0 Å². The van der Waals surface area contributed by atoms with Gasteiger partial charge in [-0.2, -0.15) is 0 Å². The van der Waals surface area contributed by atoms with E-state index in [1.54, 1.807) is 34.6 Å². The first-order valence-corrected chi connectivity index (χ1v) is 8.56. The molecule has 0 bridgehead atoms. The molecule has 10 nitrogen and oxygen atoms in total. The molecule has 4 rings (SSSR count). The van der Waals surface area contributed by atoms with E-state index >= 15 is 0 Å². The van der Waals surface area contributed by atoms with Gasteiger partial charge in [-0.05, 0) is 41.5 Å². The Morgan fingerprint density at radius 2 is 1.70 bits per heavy atom. The Hall–Kier alpha value is -2.30. The molecule has 146 valence electrons. The smallest absolute Gasteiger partial charge is 0.338 e. The number of carbonyl (C=O) groups is 1. The van der Waals surface area contributed by atoms with Crippen molar-refractivity contribution in [2.24, 2.45) is 0 Å². The van der Waals surface area contributed by atoms with Gasteiger partial charge in [0.25, 0.3) is 5.56 Å². The first-order valence-electron chi connectivity index (χ1n) is 8.56. The number of aliphatic carboxylic acids is 1. The van der Waals surface area contributed by atoms with Gasteiger partial charge in [-0.3, -0.25) is 9.36 Å². The molecule has 4 unspecified atom stereocenters. The number of hydrogen-bond acceptors (Lipinski definition) is 7. The van der Waals surface area contributed by atoms with Crippen LogP contribution in [0.2, 0.25) is 0 Å². The third-order valence-electron chi connectivity index (χ3n) is 6.22. The van der Waals surface area contributed by atoms with Crippen LogP contribution in [0.15, 0.2) is 17.4 Å². The van der Waals surface area contributed by atoms with Crippen LogP contribution in [-0.2, 0) is 24.7 Å². The second kappa shape index (κ2) is 4.75. The Morgan fingerprint density at radius 1 is 1.07 bits per heavy atom. The first kappa shape index (κ1) is 18.1. The van der Waals surface area contributed by atoms with Crippen LogP contribution in [0.1, 0.15) is 41.5 Å². The third-order valence-corrected chi connectivity index (χ3v) is 6.22. The van der Waals surface area contributed by atoms with E-state index < -0.39 is 39.8 Å². The Kier molecular flexibility index (Phi) is 3.18. The van der Waals surface area contributed by atoms with Gasteiger partial charge in [0.1, 0.15) is 11.2 Å². The second-order valence-corrected chi connectivity index (χ2v) is 8.11. The average Bonchev–Trinajstić information content (AvgIpc) is 3.09. The molecule has 0 spiro atoms. The van der Waals surface area contributed by atoms with Crippen LogP contribution in [0.5, 0.6) is 0 Å². The molecule has 2 aromatic heterocycles. The monoisotopic (exact) mass is 378 g/mol. The molecule has 0 aliphatic carbocycles. The molecule has 0 radical (unpaired) electrons. The zero-order valence-electron chi connectivity index (χ0n) is 16.0. The average molecular weight is 378 g/mol. The van der Waals surface area contributed by atoms with Crippen molar-refractivity contribution in [2.75, 3.05) is 0 Å². The molecule has 0 saturated carbocycles. The van der Waals surface area contributed by atoms with E-state index in [9.17, 15) is 14.7 Å². The second-order valence-electron chi connectivity index (χ2n) is 8.11. The van der Waals surface area contributed by atoms with E-state index in [1.165, 1.54) is 24.1 Å². The van der Waals surface area contributed by atoms with Gasteiger partial charge in [-0.15, -0.1) is 0 Å². The highest BCUT2D eigenvalue weighted by atomic mass is 16.8. The lowest BCUT2D eigenvalue weighted by Crippen LogP contribution is -2.62. The van der Waals surface area contributed by atoms with Crippen molar-refractivity contribution in [2.45, 2.75) is 69.9 Å². The van der Waals surface area contributed by atoms with Gasteiger partial charge in [-0.25, -0.2) is 14.8 Å². The maximum Gasteiger partial charge on any atom is 0.338 e. The Balaban J connectivity index is 2.04. The number of fused-ring (bicyclic) bond motifs is 2. The van der Waals surface area contributed by atoms with Crippen LogP contribution >= 0.6 is 0 Å². The van der Waals surface area contributed by atoms with Crippen LogP contribution < -0.4 is 5.56 Å². The largest absolute Gasteiger partial charge is 0.479 e. The van der Waals surface area contributed by atoms with Gasteiger partial charge in [0.2, 0.25) is 0 Å². The van der Waals surface area contributed by atoms with E-state index in [0.29, 0.717) is 0 Å². The lowest BCUT2D eigenvalue weighted by Gasteiger charge is -2.41. The number of rotatable bonds is 2. The number of hydrogen-bond donors (Lipinski definition) is 2. The lowest BCUT2D eigenvalue weighted by molar-refractivity contribution is -0.270. The van der Waals surface area contributed by atoms with Gasteiger partial charge in [-0.1, -0.05) is 0 Å². The summed E-state index contributed by atoms with van der Waals surface area (Å²) >= 11 is 0. The lowest BCUT2D eigenvalue weighted by atomic mass is 9.73. The van der Waals surface area contributed by atoms with Crippen LogP contribution in [0.3, 0.4) is 0 Å². The summed E-state index contributed by atoms with van der Waals surface area (Å²) < 4.78 is 20.1. The molecule has 2 fully saturated rings. The molecular formula is C17H22N4O6. The number of H-pyrrole nitrogens is 1. The van der Waals surface area contributed by atoms with Crippen LogP contribution in [0.25, 0.3) is 11.2 Å². The predicted molar refractivity (Wildman–Crippen MR) is 92.0 cm³/mol. The highest BCUT2D eigenvalue weighted by molar-refractivity contribution is 5.80. The van der Waals surface area contributed by atoms with Gasteiger partial charge >= 0.3 is 5.97 Å². The summed E-state index contributed by atoms with van der Waals surface area (Å²) in [5.74, 6) is -2.23. The summed E-state index contributed by atoms with van der Waals surface area (Å²) in [7, 11) is 0. The normalized spacial score (nSPS) is 40.4. The quantitative estimate of drug-likeness (QED) is 0.791. The van der Waals surface area contributed by atoms with Crippen molar-refractivity contribution in [1.82, 2.24) is 19.5 Å². The number of aromatic nitrogens is 4. The summed E-state index contributed by atoms with van der Waals surface area (Å²) in [4.78, 5) is 35.1. The standard InChI is InChI=1S/C17H22N4O6/c1-13(2)25-15(4)14(3,12(23)24)27-17(6,16(15,5)26-13)21-8-20-9-10(21)18-7-19-11(9)22/h7-8H,1-6H3,(H,23,24)(H,18,19,22). The third kappa shape index (κ3) is 1.85. The SMILES string of the molecule is CC1(C)OC2(C)C(C)(C(=O)O)OC(C)(n3cnc4c(=O)[nH]cnc43)C2(C)O1. The maximum absolute atomic E-state index is 12.2. The molecule has 2 aliphatic rings. The van der Waals surface area contributed by atoms with E-state index in [4.69, 9.17) is 14.2 Å². The molecule has 0 aromatic carbocycles. The van der Waals surface area contributed by atoms with Crippen molar-refractivity contribution in [3.05, 3.63) is 23.0 Å². The molecule has 2 aliphatic heterocycles. The fourth-order valence-electron chi connectivity index (χ4n) is 4.57. The minimum absolute atomic E-state index is 0.120. The fourth-order valence-corrected chi connectivity index (χ4v) is 4.57.